The van der Waals surface area contributed by atoms with Crippen LogP contribution in [0.4, 0.5) is 0 Å². The van der Waals surface area contributed by atoms with Gasteiger partial charge < -0.3 is 14.6 Å². The van der Waals surface area contributed by atoms with E-state index < -0.39 is 0 Å². The Morgan fingerprint density at radius 1 is 1.11 bits per heavy atom. The summed E-state index contributed by atoms with van der Waals surface area (Å²) in [5, 5.41) is 8.22. The Labute approximate surface area is 212 Å². The van der Waals surface area contributed by atoms with E-state index in [9.17, 15) is 4.79 Å². The number of carbonyl (C=O) groups excluding carboxylic acids is 1. The number of hydrogen-bond acceptors (Lipinski definition) is 7. The number of nitrogens with zero attached hydrogens (tertiary/aromatic N) is 3. The van der Waals surface area contributed by atoms with Gasteiger partial charge in [-0.15, -0.1) is 0 Å². The molecule has 3 aliphatic rings. The molecule has 0 radical (unpaired) electrons. The van der Waals surface area contributed by atoms with Gasteiger partial charge in [-0.05, 0) is 68.5 Å². The average Bonchev–Trinajstić information content (AvgIpc) is 3.84. The van der Waals surface area contributed by atoms with Crippen molar-refractivity contribution in [1.29, 1.82) is 0 Å². The molecule has 6 rings (SSSR count). The summed E-state index contributed by atoms with van der Waals surface area (Å²) in [7, 11) is 1.41. The zero-order chi connectivity index (χ0) is 24.5. The lowest BCUT2D eigenvalue weighted by Gasteiger charge is -2.30. The summed E-state index contributed by atoms with van der Waals surface area (Å²) in [4.78, 5) is 19.0. The molecule has 1 aliphatic heterocycles. The van der Waals surface area contributed by atoms with Gasteiger partial charge in [0.1, 0.15) is 0 Å². The highest BCUT2D eigenvalue weighted by Gasteiger charge is 2.50. The fraction of sp³-hybridized carbons (Fsp3) is 0.483. The standard InChI is InChI=1S/C29H34N4O3/c1-35-27(34)23-9-7-20(8-10-23)18-33-15-11-22(12-16-33)26-31-28(32-36-26)29(13-14-29)19-30-25-17-24(25)21-5-3-2-4-6-21/h2-10,22,24-25,30H,11-19H2,1H3/t24-,25+/m1/s1. The monoisotopic (exact) mass is 486 g/mol. The van der Waals surface area contributed by atoms with Gasteiger partial charge in [0.05, 0.1) is 12.7 Å². The molecule has 1 saturated heterocycles. The van der Waals surface area contributed by atoms with Crippen LogP contribution >= 0.6 is 0 Å². The molecular weight excluding hydrogens is 452 g/mol. The minimum atomic E-state index is -0.297. The first-order chi connectivity index (χ1) is 17.6. The minimum Gasteiger partial charge on any atom is -0.465 e. The first kappa shape index (κ1) is 23.4. The van der Waals surface area contributed by atoms with Gasteiger partial charge in [0.25, 0.3) is 0 Å². The quantitative estimate of drug-likeness (QED) is 0.449. The molecule has 2 heterocycles. The third-order valence-electron chi connectivity index (χ3n) is 8.21. The lowest BCUT2D eigenvalue weighted by Crippen LogP contribution is -2.32. The maximum absolute atomic E-state index is 11.6. The van der Waals surface area contributed by atoms with E-state index in [1.807, 2.05) is 24.3 Å². The van der Waals surface area contributed by atoms with Crippen LogP contribution in [0.1, 0.15) is 77.1 Å². The molecule has 2 saturated carbocycles. The number of methoxy groups -OCH3 is 1. The number of carbonyl (C=O) groups is 1. The average molecular weight is 487 g/mol. The number of hydrogen-bond donors (Lipinski definition) is 1. The summed E-state index contributed by atoms with van der Waals surface area (Å²) in [5.74, 6) is 2.38. The zero-order valence-electron chi connectivity index (χ0n) is 20.9. The van der Waals surface area contributed by atoms with Gasteiger partial charge in [-0.2, -0.15) is 4.98 Å². The molecule has 2 aromatic carbocycles. The van der Waals surface area contributed by atoms with Crippen LogP contribution in [0, 0.1) is 0 Å². The number of piperidine rings is 1. The number of likely N-dealkylation sites (tertiary alicyclic amines) is 1. The maximum Gasteiger partial charge on any atom is 0.337 e. The number of aromatic nitrogens is 2. The minimum absolute atomic E-state index is 0.0582. The predicted octanol–water partition coefficient (Wildman–Crippen LogP) is 4.41. The van der Waals surface area contributed by atoms with Crippen molar-refractivity contribution in [3.63, 3.8) is 0 Å². The molecule has 3 fully saturated rings. The lowest BCUT2D eigenvalue weighted by molar-refractivity contribution is 0.0600. The van der Waals surface area contributed by atoms with Gasteiger partial charge in [-0.25, -0.2) is 4.79 Å². The second-order valence-corrected chi connectivity index (χ2v) is 10.7. The Hall–Kier alpha value is -3.03. The van der Waals surface area contributed by atoms with E-state index in [4.69, 9.17) is 14.2 Å². The Morgan fingerprint density at radius 3 is 2.56 bits per heavy atom. The summed E-state index contributed by atoms with van der Waals surface area (Å²) in [6, 6.07) is 19.1. The molecule has 0 bridgehead atoms. The van der Waals surface area contributed by atoms with Crippen LogP contribution in [0.25, 0.3) is 0 Å². The van der Waals surface area contributed by atoms with E-state index in [-0.39, 0.29) is 11.4 Å². The van der Waals surface area contributed by atoms with Gasteiger partial charge in [0.15, 0.2) is 5.82 Å². The first-order valence-corrected chi connectivity index (χ1v) is 13.2. The summed E-state index contributed by atoms with van der Waals surface area (Å²) >= 11 is 0. The molecule has 36 heavy (non-hydrogen) atoms. The van der Waals surface area contributed by atoms with Gasteiger partial charge in [-0.1, -0.05) is 47.6 Å². The van der Waals surface area contributed by atoms with Crippen molar-refractivity contribution < 1.29 is 14.1 Å². The summed E-state index contributed by atoms with van der Waals surface area (Å²) in [5.41, 5.74) is 3.28. The number of nitrogens with one attached hydrogen (secondary N) is 1. The van der Waals surface area contributed by atoms with E-state index >= 15 is 0 Å². The van der Waals surface area contributed by atoms with Crippen LogP contribution in [-0.2, 0) is 16.7 Å². The third kappa shape index (κ3) is 4.95. The summed E-state index contributed by atoms with van der Waals surface area (Å²) in [6.07, 6.45) is 5.53. The van der Waals surface area contributed by atoms with Crippen molar-refractivity contribution in [3.8, 4) is 0 Å². The fourth-order valence-electron chi connectivity index (χ4n) is 5.52. The van der Waals surface area contributed by atoms with E-state index in [0.29, 0.717) is 23.4 Å². The zero-order valence-corrected chi connectivity index (χ0v) is 20.9. The SMILES string of the molecule is COC(=O)c1ccc(CN2CCC(c3nc(C4(CN[C@H]5C[C@@H]5c5ccccc5)CC4)no3)CC2)cc1. The lowest BCUT2D eigenvalue weighted by atomic mass is 9.96. The van der Waals surface area contributed by atoms with Crippen LogP contribution < -0.4 is 5.32 Å². The molecule has 1 aromatic heterocycles. The molecule has 3 aromatic rings. The molecule has 0 amide bonds. The van der Waals surface area contributed by atoms with Gasteiger partial charge in [-0.3, -0.25) is 4.90 Å². The smallest absolute Gasteiger partial charge is 0.337 e. The fourth-order valence-corrected chi connectivity index (χ4v) is 5.52. The topological polar surface area (TPSA) is 80.5 Å². The highest BCUT2D eigenvalue weighted by Crippen LogP contribution is 2.48. The number of benzene rings is 2. The summed E-state index contributed by atoms with van der Waals surface area (Å²) < 4.78 is 10.6. The van der Waals surface area contributed by atoms with Crippen LogP contribution in [0.15, 0.2) is 59.1 Å². The summed E-state index contributed by atoms with van der Waals surface area (Å²) in [6.45, 7) is 3.81. The first-order valence-electron chi connectivity index (χ1n) is 13.2. The second-order valence-electron chi connectivity index (χ2n) is 10.7. The molecule has 0 spiro atoms. The Morgan fingerprint density at radius 2 is 1.86 bits per heavy atom. The highest BCUT2D eigenvalue weighted by atomic mass is 16.5. The van der Waals surface area contributed by atoms with Crippen molar-refractivity contribution >= 4 is 5.97 Å². The van der Waals surface area contributed by atoms with Crippen LogP contribution in [0.5, 0.6) is 0 Å². The Bertz CT molecular complexity index is 1180. The highest BCUT2D eigenvalue weighted by molar-refractivity contribution is 5.89. The molecule has 2 aliphatic carbocycles. The number of esters is 1. The number of rotatable bonds is 9. The van der Waals surface area contributed by atoms with Gasteiger partial charge in [0.2, 0.25) is 5.89 Å². The maximum atomic E-state index is 11.6. The van der Waals surface area contributed by atoms with Crippen molar-refractivity contribution in [1.82, 2.24) is 20.4 Å². The van der Waals surface area contributed by atoms with Crippen molar-refractivity contribution in [3.05, 3.63) is 83.0 Å². The van der Waals surface area contributed by atoms with Gasteiger partial charge >= 0.3 is 5.97 Å². The normalized spacial score (nSPS) is 23.4. The van der Waals surface area contributed by atoms with E-state index in [1.165, 1.54) is 24.7 Å². The molecule has 0 unspecified atom stereocenters. The molecule has 7 heteroatoms. The molecule has 2 atom stereocenters. The third-order valence-corrected chi connectivity index (χ3v) is 8.21. The molecule has 1 N–H and O–H groups in total. The number of ether oxygens (including phenoxy) is 1. The van der Waals surface area contributed by atoms with Gasteiger partial charge in [0, 0.05) is 36.4 Å². The molecular formula is C29H34N4O3. The van der Waals surface area contributed by atoms with Crippen LogP contribution in [-0.4, -0.2) is 53.8 Å². The molecule has 7 nitrogen and oxygen atoms in total. The van der Waals surface area contributed by atoms with E-state index in [1.54, 1.807) is 0 Å². The van der Waals surface area contributed by atoms with E-state index in [2.05, 4.69) is 45.7 Å². The van der Waals surface area contributed by atoms with Crippen LogP contribution in [0.3, 0.4) is 0 Å². The Kier molecular flexibility index (Phi) is 6.36. The predicted molar refractivity (Wildman–Crippen MR) is 136 cm³/mol. The Balaban J connectivity index is 0.987. The van der Waals surface area contributed by atoms with Crippen molar-refractivity contribution in [2.75, 3.05) is 26.7 Å². The van der Waals surface area contributed by atoms with Crippen molar-refractivity contribution in [2.24, 2.45) is 0 Å². The molecule has 188 valence electrons. The van der Waals surface area contributed by atoms with Crippen LogP contribution in [0.2, 0.25) is 0 Å². The largest absolute Gasteiger partial charge is 0.465 e. The second kappa shape index (κ2) is 9.79. The van der Waals surface area contributed by atoms with E-state index in [0.717, 1.165) is 63.6 Å². The van der Waals surface area contributed by atoms with Crippen molar-refractivity contribution in [2.45, 2.75) is 61.9 Å².